The van der Waals surface area contributed by atoms with Crippen molar-refractivity contribution < 1.29 is 8.42 Å². The second kappa shape index (κ2) is 4.51. The molecular weight excluding hydrogens is 280 g/mol. The Bertz CT molecular complexity index is 448. The molecule has 0 aliphatic heterocycles. The fourth-order valence-electron chi connectivity index (χ4n) is 1.04. The molecule has 84 valence electrons. The Labute approximate surface area is 98.2 Å². The van der Waals surface area contributed by atoms with Gasteiger partial charge in [-0.3, -0.25) is 0 Å². The molecule has 0 spiro atoms. The van der Waals surface area contributed by atoms with E-state index in [9.17, 15) is 8.42 Å². The topological polar surface area (TPSA) is 58.2 Å². The number of hydrazine groups is 1. The molecule has 0 atom stereocenters. The number of sulfonamides is 1. The molecule has 1 rings (SSSR count). The van der Waals surface area contributed by atoms with Crippen LogP contribution in [0.5, 0.6) is 0 Å². The zero-order valence-electron chi connectivity index (χ0n) is 8.76. The average molecular weight is 293 g/mol. The quantitative estimate of drug-likeness (QED) is 0.837. The van der Waals surface area contributed by atoms with E-state index < -0.39 is 10.0 Å². The summed E-state index contributed by atoms with van der Waals surface area (Å²) in [5.41, 5.74) is 5.55. The summed E-state index contributed by atoms with van der Waals surface area (Å²) in [5.74, 6) is 0. The molecule has 0 amide bonds. The van der Waals surface area contributed by atoms with Gasteiger partial charge in [0.15, 0.2) is 0 Å². The minimum atomic E-state index is -3.23. The second-order valence-corrected chi connectivity index (χ2v) is 6.00. The van der Waals surface area contributed by atoms with Gasteiger partial charge in [0, 0.05) is 4.47 Å². The highest BCUT2D eigenvalue weighted by Gasteiger charge is 2.03. The van der Waals surface area contributed by atoms with Crippen LogP contribution in [0, 0.1) is 13.8 Å². The lowest BCUT2D eigenvalue weighted by atomic mass is 10.1. The third-order valence-corrected chi connectivity index (χ3v) is 3.28. The van der Waals surface area contributed by atoms with E-state index in [0.29, 0.717) is 5.69 Å². The molecule has 0 aromatic heterocycles. The number of hydrogen-bond donors (Lipinski definition) is 2. The fraction of sp³-hybridized carbons (Fsp3) is 0.333. The second-order valence-electron chi connectivity index (χ2n) is 3.40. The lowest BCUT2D eigenvalue weighted by molar-refractivity contribution is 0.594. The molecule has 0 bridgehead atoms. The summed E-state index contributed by atoms with van der Waals surface area (Å²) in [5, 5.41) is 0. The van der Waals surface area contributed by atoms with E-state index in [1.807, 2.05) is 26.0 Å². The Balaban J connectivity index is 2.89. The van der Waals surface area contributed by atoms with Crippen molar-refractivity contribution in [3.05, 3.63) is 27.7 Å². The van der Waals surface area contributed by atoms with E-state index in [1.165, 1.54) is 0 Å². The lowest BCUT2D eigenvalue weighted by Gasteiger charge is -2.10. The molecule has 0 heterocycles. The third-order valence-electron chi connectivity index (χ3n) is 1.98. The maximum absolute atomic E-state index is 10.9. The van der Waals surface area contributed by atoms with Crippen molar-refractivity contribution in [3.8, 4) is 0 Å². The maximum atomic E-state index is 10.9. The normalized spacial score (nSPS) is 11.5. The standard InChI is InChI=1S/C9H13BrN2O2S/c1-6-4-8(5-9(10)7(6)2)11-12-15(3,13)14/h4-5,11-12H,1-3H3. The highest BCUT2D eigenvalue weighted by Crippen LogP contribution is 2.23. The van der Waals surface area contributed by atoms with Gasteiger partial charge in [-0.2, -0.15) is 0 Å². The lowest BCUT2D eigenvalue weighted by Crippen LogP contribution is -2.28. The summed E-state index contributed by atoms with van der Waals surface area (Å²) in [4.78, 5) is 2.21. The number of halogens is 1. The summed E-state index contributed by atoms with van der Waals surface area (Å²) < 4.78 is 22.7. The van der Waals surface area contributed by atoms with Crippen LogP contribution < -0.4 is 10.3 Å². The summed E-state index contributed by atoms with van der Waals surface area (Å²) in [7, 11) is -3.23. The first-order valence-electron chi connectivity index (χ1n) is 4.29. The molecule has 6 heteroatoms. The van der Waals surface area contributed by atoms with Crippen molar-refractivity contribution in [2.24, 2.45) is 0 Å². The summed E-state index contributed by atoms with van der Waals surface area (Å²) in [6.07, 6.45) is 1.09. The largest absolute Gasteiger partial charge is 0.308 e. The third kappa shape index (κ3) is 3.81. The molecule has 1 aromatic carbocycles. The number of anilines is 1. The van der Waals surface area contributed by atoms with Crippen LogP contribution >= 0.6 is 15.9 Å². The monoisotopic (exact) mass is 292 g/mol. The predicted molar refractivity (Wildman–Crippen MR) is 65.2 cm³/mol. The van der Waals surface area contributed by atoms with Crippen molar-refractivity contribution in [3.63, 3.8) is 0 Å². The number of aryl methyl sites for hydroxylation is 1. The molecule has 1 aromatic rings. The molecule has 0 fully saturated rings. The molecule has 0 radical (unpaired) electrons. The number of rotatable bonds is 3. The van der Waals surface area contributed by atoms with E-state index in [0.717, 1.165) is 21.9 Å². The summed E-state index contributed by atoms with van der Waals surface area (Å²) in [6, 6.07) is 3.69. The van der Waals surface area contributed by atoms with Crippen LogP contribution in [0.2, 0.25) is 0 Å². The Kier molecular flexibility index (Phi) is 3.75. The highest BCUT2D eigenvalue weighted by atomic mass is 79.9. The number of hydrogen-bond acceptors (Lipinski definition) is 3. The van der Waals surface area contributed by atoms with Gasteiger partial charge in [-0.15, -0.1) is 4.83 Å². The molecule has 4 nitrogen and oxygen atoms in total. The van der Waals surface area contributed by atoms with Gasteiger partial charge in [0.1, 0.15) is 0 Å². The zero-order valence-corrected chi connectivity index (χ0v) is 11.2. The van der Waals surface area contributed by atoms with Crippen LogP contribution in [0.3, 0.4) is 0 Å². The van der Waals surface area contributed by atoms with Gasteiger partial charge < -0.3 is 5.43 Å². The van der Waals surface area contributed by atoms with Gasteiger partial charge >= 0.3 is 0 Å². The van der Waals surface area contributed by atoms with E-state index in [2.05, 4.69) is 26.2 Å². The highest BCUT2D eigenvalue weighted by molar-refractivity contribution is 9.10. The van der Waals surface area contributed by atoms with Gasteiger partial charge in [0.25, 0.3) is 0 Å². The molecule has 0 saturated carbocycles. The number of benzene rings is 1. The van der Waals surface area contributed by atoms with Gasteiger partial charge in [-0.25, -0.2) is 8.42 Å². The van der Waals surface area contributed by atoms with Crippen molar-refractivity contribution in [2.45, 2.75) is 13.8 Å². The smallest absolute Gasteiger partial charge is 0.225 e. The molecular formula is C9H13BrN2O2S. The van der Waals surface area contributed by atoms with E-state index in [4.69, 9.17) is 0 Å². The van der Waals surface area contributed by atoms with Crippen LogP contribution in [0.15, 0.2) is 16.6 Å². The van der Waals surface area contributed by atoms with Crippen LogP contribution in [-0.2, 0) is 10.0 Å². The Morgan fingerprint density at radius 3 is 2.33 bits per heavy atom. The fourth-order valence-corrected chi connectivity index (χ4v) is 1.90. The SMILES string of the molecule is Cc1cc(NNS(C)(=O)=O)cc(Br)c1C. The van der Waals surface area contributed by atoms with Gasteiger partial charge in [0.05, 0.1) is 11.9 Å². The average Bonchev–Trinajstić information content (AvgIpc) is 2.09. The van der Waals surface area contributed by atoms with Crippen molar-refractivity contribution in [1.29, 1.82) is 0 Å². The number of nitrogens with one attached hydrogen (secondary N) is 2. The van der Waals surface area contributed by atoms with Crippen LogP contribution in [0.1, 0.15) is 11.1 Å². The van der Waals surface area contributed by atoms with Crippen LogP contribution in [0.4, 0.5) is 5.69 Å². The first kappa shape index (κ1) is 12.5. The van der Waals surface area contributed by atoms with Crippen LogP contribution in [0.25, 0.3) is 0 Å². The van der Waals surface area contributed by atoms with Gasteiger partial charge in [-0.1, -0.05) is 15.9 Å². The Morgan fingerprint density at radius 1 is 1.27 bits per heavy atom. The Hall–Kier alpha value is -0.590. The molecule has 15 heavy (non-hydrogen) atoms. The molecule has 0 aliphatic carbocycles. The van der Waals surface area contributed by atoms with Crippen LogP contribution in [-0.4, -0.2) is 14.7 Å². The summed E-state index contributed by atoms with van der Waals surface area (Å²) in [6.45, 7) is 3.96. The van der Waals surface area contributed by atoms with Crippen molar-refractivity contribution in [2.75, 3.05) is 11.7 Å². The first-order valence-corrected chi connectivity index (χ1v) is 6.97. The van der Waals surface area contributed by atoms with Crippen molar-refractivity contribution >= 4 is 31.6 Å². The predicted octanol–water partition coefficient (Wildman–Crippen LogP) is 1.94. The molecule has 0 aliphatic rings. The molecule has 0 saturated heterocycles. The minimum absolute atomic E-state index is 0.704. The minimum Gasteiger partial charge on any atom is -0.308 e. The van der Waals surface area contributed by atoms with Gasteiger partial charge in [-0.05, 0) is 37.1 Å². The Morgan fingerprint density at radius 2 is 1.87 bits per heavy atom. The molecule has 2 N–H and O–H groups in total. The maximum Gasteiger partial charge on any atom is 0.225 e. The van der Waals surface area contributed by atoms with E-state index in [1.54, 1.807) is 0 Å². The zero-order chi connectivity index (χ0) is 11.6. The summed E-state index contributed by atoms with van der Waals surface area (Å²) >= 11 is 3.40. The van der Waals surface area contributed by atoms with Gasteiger partial charge in [0.2, 0.25) is 10.0 Å². The van der Waals surface area contributed by atoms with Crippen molar-refractivity contribution in [1.82, 2.24) is 4.83 Å². The van der Waals surface area contributed by atoms with E-state index >= 15 is 0 Å². The van der Waals surface area contributed by atoms with E-state index in [-0.39, 0.29) is 0 Å². The molecule has 0 unspecified atom stereocenters. The first-order chi connectivity index (χ1) is 6.79.